The first-order chi connectivity index (χ1) is 13.6. The second-order valence-electron chi connectivity index (χ2n) is 6.34. The van der Waals surface area contributed by atoms with Crippen molar-refractivity contribution in [2.75, 3.05) is 33.1 Å². The molecule has 10 heteroatoms. The van der Waals surface area contributed by atoms with Crippen molar-refractivity contribution in [2.45, 2.75) is 25.2 Å². The van der Waals surface area contributed by atoms with E-state index in [2.05, 4.69) is 5.32 Å². The molecule has 0 aliphatic rings. The minimum absolute atomic E-state index is 0.00301. The number of methoxy groups -OCH3 is 1. The third-order valence-electron chi connectivity index (χ3n) is 4.10. The van der Waals surface area contributed by atoms with E-state index in [-0.39, 0.29) is 16.3 Å². The molecule has 0 spiro atoms. The molecule has 2 rings (SSSR count). The second-order valence-corrected chi connectivity index (χ2v) is 9.63. The zero-order valence-corrected chi connectivity index (χ0v) is 18.6. The molecule has 0 aliphatic heterocycles. The van der Waals surface area contributed by atoms with Crippen LogP contribution in [0.1, 0.15) is 27.0 Å². The van der Waals surface area contributed by atoms with E-state index in [0.29, 0.717) is 4.88 Å². The lowest BCUT2D eigenvalue weighted by atomic mass is 10.2. The quantitative estimate of drug-likeness (QED) is 0.633. The number of sulfonamides is 1. The number of rotatable bonds is 8. The van der Waals surface area contributed by atoms with Gasteiger partial charge in [0.25, 0.3) is 5.91 Å². The lowest BCUT2D eigenvalue weighted by molar-refractivity contribution is -0.119. The molecule has 0 aliphatic carbocycles. The van der Waals surface area contributed by atoms with Crippen LogP contribution in [0.4, 0.5) is 5.69 Å². The van der Waals surface area contributed by atoms with Crippen molar-refractivity contribution in [3.05, 3.63) is 39.6 Å². The van der Waals surface area contributed by atoms with E-state index in [4.69, 9.17) is 9.47 Å². The summed E-state index contributed by atoms with van der Waals surface area (Å²) in [5.41, 5.74) is 1.18. The topological polar surface area (TPSA) is 102 Å². The van der Waals surface area contributed by atoms with Crippen LogP contribution in [-0.4, -0.2) is 52.4 Å². The maximum Gasteiger partial charge on any atom is 0.348 e. The van der Waals surface area contributed by atoms with Crippen molar-refractivity contribution in [2.24, 2.45) is 0 Å². The van der Waals surface area contributed by atoms with E-state index in [1.807, 2.05) is 13.8 Å². The first-order valence-corrected chi connectivity index (χ1v) is 11.0. The molecule has 0 unspecified atom stereocenters. The normalized spacial score (nSPS) is 11.4. The van der Waals surface area contributed by atoms with Crippen molar-refractivity contribution >= 4 is 38.9 Å². The third-order valence-corrected chi connectivity index (χ3v) is 7.27. The molecule has 1 heterocycles. The average molecular weight is 441 g/mol. The van der Waals surface area contributed by atoms with Gasteiger partial charge in [-0.3, -0.25) is 4.79 Å². The highest BCUT2D eigenvalue weighted by molar-refractivity contribution is 7.89. The summed E-state index contributed by atoms with van der Waals surface area (Å²) in [6, 6.07) is 5.86. The highest BCUT2D eigenvalue weighted by Gasteiger charge is 2.20. The van der Waals surface area contributed by atoms with E-state index < -0.39 is 28.5 Å². The van der Waals surface area contributed by atoms with Crippen molar-refractivity contribution in [3.63, 3.8) is 0 Å². The van der Waals surface area contributed by atoms with Crippen molar-refractivity contribution < 1.29 is 27.5 Å². The second kappa shape index (κ2) is 9.38. The van der Waals surface area contributed by atoms with Gasteiger partial charge in [-0.25, -0.2) is 17.5 Å². The number of ether oxygens (including phenoxy) is 2. The Bertz CT molecular complexity index is 1010. The Balaban J connectivity index is 2.10. The molecule has 1 aromatic heterocycles. The summed E-state index contributed by atoms with van der Waals surface area (Å²) < 4.78 is 35.9. The standard InChI is InChI=1S/C19H24N2O6S2/c1-6-16-12(2)9-17(28-16)19(23)27-11-18(22)20-14-10-13(7-8-15(14)26-5)29(24,25)21(3)4/h7-10H,6,11H2,1-5H3,(H,20,22). The fourth-order valence-electron chi connectivity index (χ4n) is 2.52. The van der Waals surface area contributed by atoms with E-state index in [0.717, 1.165) is 21.2 Å². The molecule has 8 nitrogen and oxygen atoms in total. The van der Waals surface area contributed by atoms with Crippen LogP contribution in [0.3, 0.4) is 0 Å². The first-order valence-electron chi connectivity index (χ1n) is 8.77. The molecule has 0 fully saturated rings. The Morgan fingerprint density at radius 2 is 1.90 bits per heavy atom. The van der Waals surface area contributed by atoms with E-state index in [1.54, 1.807) is 6.07 Å². The molecular formula is C19H24N2O6S2. The number of anilines is 1. The number of carbonyl (C=O) groups excluding carboxylic acids is 2. The summed E-state index contributed by atoms with van der Waals surface area (Å²) in [4.78, 5) is 25.9. The van der Waals surface area contributed by atoms with Gasteiger partial charge in [0.1, 0.15) is 10.6 Å². The Morgan fingerprint density at radius 3 is 2.45 bits per heavy atom. The number of aryl methyl sites for hydroxylation is 2. The minimum Gasteiger partial charge on any atom is -0.495 e. The van der Waals surface area contributed by atoms with Gasteiger partial charge < -0.3 is 14.8 Å². The van der Waals surface area contributed by atoms with Crippen LogP contribution in [0.2, 0.25) is 0 Å². The number of carbonyl (C=O) groups is 2. The van der Waals surface area contributed by atoms with Gasteiger partial charge in [-0.05, 0) is 43.2 Å². The monoisotopic (exact) mass is 440 g/mol. The maximum absolute atomic E-state index is 12.3. The number of hydrogen-bond acceptors (Lipinski definition) is 7. The van der Waals surface area contributed by atoms with Gasteiger partial charge in [0.05, 0.1) is 17.7 Å². The first kappa shape index (κ1) is 22.9. The smallest absolute Gasteiger partial charge is 0.348 e. The van der Waals surface area contributed by atoms with Gasteiger partial charge in [0, 0.05) is 19.0 Å². The van der Waals surface area contributed by atoms with E-state index >= 15 is 0 Å². The highest BCUT2D eigenvalue weighted by Crippen LogP contribution is 2.28. The Kier molecular flexibility index (Phi) is 7.39. The lowest BCUT2D eigenvalue weighted by Crippen LogP contribution is -2.23. The van der Waals surface area contributed by atoms with Gasteiger partial charge in [-0.1, -0.05) is 6.92 Å². The average Bonchev–Trinajstić information content (AvgIpc) is 3.06. The van der Waals surface area contributed by atoms with E-state index in [9.17, 15) is 18.0 Å². The molecular weight excluding hydrogens is 416 g/mol. The fraction of sp³-hybridized carbons (Fsp3) is 0.368. The molecule has 0 bridgehead atoms. The van der Waals surface area contributed by atoms with Crippen molar-refractivity contribution in [1.29, 1.82) is 0 Å². The summed E-state index contributed by atoms with van der Waals surface area (Å²) >= 11 is 1.34. The van der Waals surface area contributed by atoms with Gasteiger partial charge >= 0.3 is 5.97 Å². The molecule has 0 radical (unpaired) electrons. The fourth-order valence-corrected chi connectivity index (χ4v) is 4.45. The van der Waals surface area contributed by atoms with Crippen LogP contribution in [-0.2, 0) is 26.0 Å². The highest BCUT2D eigenvalue weighted by atomic mass is 32.2. The number of benzene rings is 1. The summed E-state index contributed by atoms with van der Waals surface area (Å²) in [7, 11) is 0.535. The molecule has 0 atom stereocenters. The number of nitrogens with one attached hydrogen (secondary N) is 1. The lowest BCUT2D eigenvalue weighted by Gasteiger charge is -2.15. The van der Waals surface area contributed by atoms with Crippen LogP contribution < -0.4 is 10.1 Å². The molecule has 1 N–H and O–H groups in total. The van der Waals surface area contributed by atoms with Crippen molar-refractivity contribution in [1.82, 2.24) is 4.31 Å². The maximum atomic E-state index is 12.3. The Morgan fingerprint density at radius 1 is 1.21 bits per heavy atom. The zero-order valence-electron chi connectivity index (χ0n) is 16.9. The molecule has 29 heavy (non-hydrogen) atoms. The van der Waals surface area contributed by atoms with Crippen LogP contribution in [0.25, 0.3) is 0 Å². The van der Waals surface area contributed by atoms with Crippen LogP contribution in [0.5, 0.6) is 5.75 Å². The van der Waals surface area contributed by atoms with Gasteiger partial charge in [-0.15, -0.1) is 11.3 Å². The van der Waals surface area contributed by atoms with Crippen LogP contribution in [0.15, 0.2) is 29.2 Å². The summed E-state index contributed by atoms with van der Waals surface area (Å²) in [6.45, 7) is 3.41. The number of hydrogen-bond donors (Lipinski definition) is 1. The van der Waals surface area contributed by atoms with Crippen LogP contribution >= 0.6 is 11.3 Å². The van der Waals surface area contributed by atoms with Gasteiger partial charge in [-0.2, -0.15) is 0 Å². The zero-order chi connectivity index (χ0) is 21.8. The van der Waals surface area contributed by atoms with Gasteiger partial charge in [0.15, 0.2) is 6.61 Å². The SMILES string of the molecule is CCc1sc(C(=O)OCC(=O)Nc2cc(S(=O)(=O)N(C)C)ccc2OC)cc1C. The Hall–Kier alpha value is -2.43. The molecule has 1 aromatic carbocycles. The molecule has 158 valence electrons. The van der Waals surface area contributed by atoms with E-state index in [1.165, 1.54) is 50.7 Å². The summed E-state index contributed by atoms with van der Waals surface area (Å²) in [6.07, 6.45) is 0.816. The predicted octanol–water partition coefficient (Wildman–Crippen LogP) is 2.67. The minimum atomic E-state index is -3.68. The molecule has 0 saturated heterocycles. The third kappa shape index (κ3) is 5.34. The molecule has 0 saturated carbocycles. The molecule has 1 amide bonds. The molecule has 2 aromatic rings. The van der Waals surface area contributed by atoms with Gasteiger partial charge in [0.2, 0.25) is 10.0 Å². The summed E-state index contributed by atoms with van der Waals surface area (Å²) in [5.74, 6) is -0.909. The van der Waals surface area contributed by atoms with Crippen LogP contribution in [0, 0.1) is 6.92 Å². The largest absolute Gasteiger partial charge is 0.495 e. The number of amides is 1. The number of esters is 1. The number of thiophene rings is 1. The Labute approximate surface area is 174 Å². The summed E-state index contributed by atoms with van der Waals surface area (Å²) in [5, 5.41) is 2.53. The predicted molar refractivity (Wildman–Crippen MR) is 111 cm³/mol. The van der Waals surface area contributed by atoms with Crippen molar-refractivity contribution in [3.8, 4) is 5.75 Å². The number of nitrogens with zero attached hydrogens (tertiary/aromatic N) is 1.